The molecule has 0 bridgehead atoms. The van der Waals surface area contributed by atoms with E-state index in [2.05, 4.69) is 52.0 Å². The van der Waals surface area contributed by atoms with Gasteiger partial charge >= 0.3 is 0 Å². The highest BCUT2D eigenvalue weighted by molar-refractivity contribution is 7.20. The fourth-order valence-corrected chi connectivity index (χ4v) is 5.00. The summed E-state index contributed by atoms with van der Waals surface area (Å²) in [7, 11) is 0. The molecule has 128 valence electrons. The molecule has 1 aliphatic rings. The third-order valence-corrected chi connectivity index (χ3v) is 6.58. The lowest BCUT2D eigenvalue weighted by Gasteiger charge is -2.21. The van der Waals surface area contributed by atoms with Gasteiger partial charge in [0.05, 0.1) is 22.3 Å². The molecule has 5 rings (SSSR count). The molecular weight excluding hydrogens is 341 g/mol. The van der Waals surface area contributed by atoms with Crippen molar-refractivity contribution in [1.29, 1.82) is 5.26 Å². The minimum absolute atomic E-state index is 0.239. The van der Waals surface area contributed by atoms with Crippen molar-refractivity contribution in [2.45, 2.75) is 38.3 Å². The monoisotopic (exact) mass is 359 g/mol. The fourth-order valence-electron chi connectivity index (χ4n) is 4.04. The van der Waals surface area contributed by atoms with Gasteiger partial charge in [-0.3, -0.25) is 9.50 Å². The number of nitrogens with zero attached hydrogens (tertiary/aromatic N) is 4. The van der Waals surface area contributed by atoms with Crippen molar-refractivity contribution in [3.63, 3.8) is 0 Å². The predicted octanol–water partition coefficient (Wildman–Crippen LogP) is 4.68. The van der Waals surface area contributed by atoms with E-state index in [9.17, 15) is 0 Å². The lowest BCUT2D eigenvalue weighted by molar-refractivity contribution is 0.598. The first-order chi connectivity index (χ1) is 12.7. The van der Waals surface area contributed by atoms with Crippen molar-refractivity contribution in [3.05, 3.63) is 42.0 Å². The van der Waals surface area contributed by atoms with Crippen LogP contribution in [0.2, 0.25) is 12.6 Å². The van der Waals surface area contributed by atoms with Gasteiger partial charge in [-0.1, -0.05) is 36.8 Å². The number of hydrogen-bond acceptors (Lipinski definition) is 4. The molecule has 5 nitrogen and oxygen atoms in total. The van der Waals surface area contributed by atoms with E-state index >= 15 is 0 Å². The van der Waals surface area contributed by atoms with Crippen LogP contribution in [-0.2, 0) is 0 Å². The van der Waals surface area contributed by atoms with Gasteiger partial charge in [0.25, 0.3) is 6.71 Å². The molecule has 1 fully saturated rings. The van der Waals surface area contributed by atoms with Gasteiger partial charge in [-0.25, -0.2) is 10.2 Å². The fraction of sp³-hybridized carbons (Fsp3) is 0.316. The van der Waals surface area contributed by atoms with Crippen molar-refractivity contribution in [3.8, 4) is 16.4 Å². The van der Waals surface area contributed by atoms with Crippen molar-refractivity contribution >= 4 is 33.9 Å². The number of thiazole rings is 1. The molecule has 0 radical (unpaired) electrons. The van der Waals surface area contributed by atoms with E-state index in [1.54, 1.807) is 11.3 Å². The van der Waals surface area contributed by atoms with Crippen LogP contribution in [0.1, 0.15) is 30.0 Å². The van der Waals surface area contributed by atoms with Crippen LogP contribution < -0.4 is 0 Å². The first kappa shape index (κ1) is 15.7. The molecule has 1 saturated heterocycles. The van der Waals surface area contributed by atoms with E-state index in [0.717, 1.165) is 41.3 Å². The summed E-state index contributed by atoms with van der Waals surface area (Å²) in [5.41, 5.74) is 4.70. The normalized spacial score (nSPS) is 15.8. The van der Waals surface area contributed by atoms with Gasteiger partial charge in [0.2, 0.25) is 0 Å². The Morgan fingerprint density at radius 3 is 2.92 bits per heavy atom. The van der Waals surface area contributed by atoms with Crippen LogP contribution in [-0.4, -0.2) is 26.3 Å². The summed E-state index contributed by atoms with van der Waals surface area (Å²) in [6, 6.07) is 4.39. The van der Waals surface area contributed by atoms with Crippen LogP contribution in [0, 0.1) is 18.2 Å². The second-order valence-corrected chi connectivity index (χ2v) is 8.27. The van der Waals surface area contributed by atoms with Gasteiger partial charge in [-0.2, -0.15) is 5.10 Å². The molecule has 0 saturated carbocycles. The molecule has 1 N–H and O–H groups in total. The van der Waals surface area contributed by atoms with Gasteiger partial charge in [0.1, 0.15) is 0 Å². The molecule has 0 unspecified atom stereocenters. The Morgan fingerprint density at radius 2 is 2.15 bits per heavy atom. The highest BCUT2D eigenvalue weighted by atomic mass is 32.1. The first-order valence-corrected chi connectivity index (χ1v) is 9.85. The van der Waals surface area contributed by atoms with Crippen molar-refractivity contribution < 1.29 is 0 Å². The quantitative estimate of drug-likeness (QED) is 0.528. The summed E-state index contributed by atoms with van der Waals surface area (Å²) < 4.78 is 2.15. The molecule has 0 amide bonds. The number of aromatic amines is 1. The summed E-state index contributed by atoms with van der Waals surface area (Å²) >= 11 is 1.73. The number of imidazole rings is 1. The minimum Gasteiger partial charge on any atom is -0.297 e. The lowest BCUT2D eigenvalue weighted by Crippen LogP contribution is -2.18. The Bertz CT molecular complexity index is 1110. The van der Waals surface area contributed by atoms with E-state index in [4.69, 9.17) is 10.2 Å². The van der Waals surface area contributed by atoms with Crippen LogP contribution in [0.25, 0.3) is 26.3 Å². The molecule has 0 atom stereocenters. The first-order valence-electron chi connectivity index (χ1n) is 9.03. The molecule has 4 heterocycles. The average Bonchev–Trinajstić information content (AvgIpc) is 3.36. The highest BCUT2D eigenvalue weighted by Crippen LogP contribution is 2.36. The molecule has 3 aromatic heterocycles. The number of H-pyrrole nitrogens is 1. The van der Waals surface area contributed by atoms with Crippen LogP contribution in [0.5, 0.6) is 0 Å². The van der Waals surface area contributed by atoms with Gasteiger partial charge in [-0.15, -0.1) is 0 Å². The predicted molar refractivity (Wildman–Crippen MR) is 106 cm³/mol. The molecule has 4 aromatic rings. The van der Waals surface area contributed by atoms with E-state index in [0.29, 0.717) is 5.92 Å². The number of benzene rings is 1. The second-order valence-electron chi connectivity index (χ2n) is 7.26. The number of aryl methyl sites for hydroxylation is 1. The Morgan fingerprint density at radius 1 is 1.31 bits per heavy atom. The van der Waals surface area contributed by atoms with Gasteiger partial charge in [-0.05, 0) is 30.2 Å². The smallest absolute Gasteiger partial charge is 0.267 e. The molecule has 7 heteroatoms. The van der Waals surface area contributed by atoms with E-state index in [1.807, 2.05) is 6.20 Å². The van der Waals surface area contributed by atoms with Gasteiger partial charge < -0.3 is 0 Å². The second kappa shape index (κ2) is 5.99. The Balaban J connectivity index is 1.46. The zero-order valence-corrected chi connectivity index (χ0v) is 15.4. The molecular formula is C19H18BN5S. The number of nitriles is 1. The topological polar surface area (TPSA) is 69.8 Å². The highest BCUT2D eigenvalue weighted by Gasteiger charge is 2.27. The Kier molecular flexibility index (Phi) is 3.61. The summed E-state index contributed by atoms with van der Waals surface area (Å²) in [6.45, 7) is 2.35. The van der Waals surface area contributed by atoms with Crippen LogP contribution in [0.4, 0.5) is 0 Å². The number of rotatable bonds is 2. The third kappa shape index (κ3) is 2.53. The zero-order chi connectivity index (χ0) is 17.7. The largest absolute Gasteiger partial charge is 0.297 e. The number of fused-ring (bicyclic) bond motifs is 2. The van der Waals surface area contributed by atoms with Crippen LogP contribution in [0.15, 0.2) is 30.7 Å². The lowest BCUT2D eigenvalue weighted by atomic mass is 9.41. The number of aromatic nitrogens is 4. The van der Waals surface area contributed by atoms with E-state index in [-0.39, 0.29) is 6.71 Å². The maximum absolute atomic E-state index is 9.07. The molecule has 0 spiro atoms. The number of hydrogen-bond donors (Lipinski definition) is 1. The molecule has 1 aromatic carbocycles. The summed E-state index contributed by atoms with van der Waals surface area (Å²) in [5.74, 6) is 2.91. The SMILES string of the molecule is Cc1cc(-c2cn3cc(C4CCB(C#N)CC4)nc3s2)cc2cn[nH]c12. The molecule has 26 heavy (non-hydrogen) atoms. The van der Waals surface area contributed by atoms with Crippen LogP contribution in [0.3, 0.4) is 0 Å². The maximum Gasteiger partial charge on any atom is 0.267 e. The molecule has 1 aliphatic heterocycles. The van der Waals surface area contributed by atoms with Crippen molar-refractivity contribution in [2.75, 3.05) is 0 Å². The van der Waals surface area contributed by atoms with Gasteiger partial charge in [0, 0.05) is 29.7 Å². The summed E-state index contributed by atoms with van der Waals surface area (Å²) in [4.78, 5) is 7.15. The summed E-state index contributed by atoms with van der Waals surface area (Å²) in [5, 5.41) is 17.4. The minimum atomic E-state index is 0.239. The van der Waals surface area contributed by atoms with E-state index < -0.39 is 0 Å². The Hall–Kier alpha value is -2.59. The average molecular weight is 359 g/mol. The maximum atomic E-state index is 9.07. The third-order valence-electron chi connectivity index (χ3n) is 5.53. The zero-order valence-electron chi connectivity index (χ0n) is 14.6. The standard InChI is InChI=1S/C19H18BN5S/c1-12-6-14(7-15-8-22-24-18(12)15)17-10-25-9-16(23-19(25)26-17)13-2-4-20(11-21)5-3-13/h6-10,13H,2-5H2,1H3,(H,22,24). The van der Waals surface area contributed by atoms with Crippen molar-refractivity contribution in [2.24, 2.45) is 0 Å². The van der Waals surface area contributed by atoms with E-state index in [1.165, 1.54) is 21.7 Å². The van der Waals surface area contributed by atoms with Crippen LogP contribution >= 0.6 is 11.3 Å². The van der Waals surface area contributed by atoms with Crippen molar-refractivity contribution in [1.82, 2.24) is 19.6 Å². The summed E-state index contributed by atoms with van der Waals surface area (Å²) in [6.07, 6.45) is 10.4. The van der Waals surface area contributed by atoms with Gasteiger partial charge in [0.15, 0.2) is 4.96 Å². The Labute approximate surface area is 155 Å². The molecule has 0 aliphatic carbocycles. The number of nitrogens with one attached hydrogen (secondary N) is 1.